The van der Waals surface area contributed by atoms with E-state index in [-0.39, 0.29) is 0 Å². The Labute approximate surface area is 102 Å². The van der Waals surface area contributed by atoms with Crippen molar-refractivity contribution < 1.29 is 0 Å². The Bertz CT molecular complexity index is 490. The highest BCUT2D eigenvalue weighted by Gasteiger charge is 1.94. The summed E-state index contributed by atoms with van der Waals surface area (Å²) in [6.45, 7) is 2.89. The summed E-state index contributed by atoms with van der Waals surface area (Å²) in [5.74, 6) is 0. The van der Waals surface area contributed by atoms with Gasteiger partial charge in [0.15, 0.2) is 0 Å². The molecule has 0 aliphatic carbocycles. The molecule has 1 aromatic carbocycles. The Kier molecular flexibility index (Phi) is 3.92. The van der Waals surface area contributed by atoms with Crippen molar-refractivity contribution in [3.05, 3.63) is 72.3 Å². The summed E-state index contributed by atoms with van der Waals surface area (Å²) in [6, 6.07) is 8.56. The fourth-order valence-electron chi connectivity index (χ4n) is 1.60. The highest BCUT2D eigenvalue weighted by atomic mass is 15.0. The molecule has 0 unspecified atom stereocenters. The molecule has 2 rings (SSSR count). The standard InChI is InChI=1S/C15H16N2/c1-2-3-4-5-14-6-8-15(9-7-14)12-17-11-10-16-13-17/h2-11,13H,12H2,1H3. The van der Waals surface area contributed by atoms with Crippen LogP contribution in [0.4, 0.5) is 0 Å². The van der Waals surface area contributed by atoms with Crippen molar-refractivity contribution in [2.45, 2.75) is 13.5 Å². The second kappa shape index (κ2) is 5.85. The molecule has 0 bridgehead atoms. The predicted molar refractivity (Wildman–Crippen MR) is 71.6 cm³/mol. The van der Waals surface area contributed by atoms with Crippen LogP contribution in [0.1, 0.15) is 18.1 Å². The van der Waals surface area contributed by atoms with Crippen LogP contribution in [0.5, 0.6) is 0 Å². The zero-order valence-corrected chi connectivity index (χ0v) is 9.95. The van der Waals surface area contributed by atoms with Gasteiger partial charge in [0.2, 0.25) is 0 Å². The molecule has 1 aromatic heterocycles. The third-order valence-electron chi connectivity index (χ3n) is 2.50. The van der Waals surface area contributed by atoms with Gasteiger partial charge in [-0.05, 0) is 18.1 Å². The molecule has 17 heavy (non-hydrogen) atoms. The van der Waals surface area contributed by atoms with Crippen molar-refractivity contribution in [1.82, 2.24) is 9.55 Å². The molecule has 86 valence electrons. The molecule has 0 radical (unpaired) electrons. The van der Waals surface area contributed by atoms with Crippen molar-refractivity contribution in [3.8, 4) is 0 Å². The third-order valence-corrected chi connectivity index (χ3v) is 2.50. The maximum Gasteiger partial charge on any atom is 0.0949 e. The van der Waals surface area contributed by atoms with Crippen molar-refractivity contribution >= 4 is 6.08 Å². The van der Waals surface area contributed by atoms with Gasteiger partial charge in [-0.25, -0.2) is 4.98 Å². The fourth-order valence-corrected chi connectivity index (χ4v) is 1.60. The third kappa shape index (κ3) is 3.45. The van der Waals surface area contributed by atoms with Gasteiger partial charge in [0, 0.05) is 18.9 Å². The van der Waals surface area contributed by atoms with E-state index in [0.717, 1.165) is 6.54 Å². The fraction of sp³-hybridized carbons (Fsp3) is 0.133. The largest absolute Gasteiger partial charge is 0.333 e. The Morgan fingerprint density at radius 2 is 2.00 bits per heavy atom. The van der Waals surface area contributed by atoms with Crippen molar-refractivity contribution in [2.75, 3.05) is 0 Å². The number of nitrogens with zero attached hydrogens (tertiary/aromatic N) is 2. The van der Waals surface area contributed by atoms with Gasteiger partial charge in [0.05, 0.1) is 6.33 Å². The van der Waals surface area contributed by atoms with Crippen LogP contribution in [0.3, 0.4) is 0 Å². The second-order valence-electron chi connectivity index (χ2n) is 3.86. The number of aromatic nitrogens is 2. The van der Waals surface area contributed by atoms with E-state index in [0.29, 0.717) is 0 Å². The Morgan fingerprint density at radius 3 is 2.65 bits per heavy atom. The Balaban J connectivity index is 2.03. The molecule has 0 N–H and O–H groups in total. The molecule has 2 aromatic rings. The Hall–Kier alpha value is -2.09. The van der Waals surface area contributed by atoms with E-state index >= 15 is 0 Å². The number of hydrogen-bond acceptors (Lipinski definition) is 1. The van der Waals surface area contributed by atoms with Gasteiger partial charge in [-0.2, -0.15) is 0 Å². The number of rotatable bonds is 4. The minimum absolute atomic E-state index is 0.874. The zero-order valence-electron chi connectivity index (χ0n) is 9.95. The van der Waals surface area contributed by atoms with E-state index in [4.69, 9.17) is 0 Å². The highest BCUT2D eigenvalue weighted by molar-refractivity contribution is 5.51. The van der Waals surface area contributed by atoms with Gasteiger partial charge in [-0.1, -0.05) is 48.6 Å². The quantitative estimate of drug-likeness (QED) is 0.726. The van der Waals surface area contributed by atoms with Crippen molar-refractivity contribution in [2.24, 2.45) is 0 Å². The van der Waals surface area contributed by atoms with Crippen LogP contribution >= 0.6 is 0 Å². The number of imidazole rings is 1. The van der Waals surface area contributed by atoms with Crippen LogP contribution in [0.2, 0.25) is 0 Å². The highest BCUT2D eigenvalue weighted by Crippen LogP contribution is 2.08. The monoisotopic (exact) mass is 224 g/mol. The summed E-state index contributed by atoms with van der Waals surface area (Å²) < 4.78 is 2.06. The van der Waals surface area contributed by atoms with Crippen LogP contribution in [-0.4, -0.2) is 9.55 Å². The lowest BCUT2D eigenvalue weighted by Gasteiger charge is -2.02. The first-order valence-electron chi connectivity index (χ1n) is 5.72. The molecule has 2 heteroatoms. The van der Waals surface area contributed by atoms with Crippen LogP contribution in [0.25, 0.3) is 6.08 Å². The van der Waals surface area contributed by atoms with E-state index < -0.39 is 0 Å². The molecule has 2 nitrogen and oxygen atoms in total. The maximum absolute atomic E-state index is 4.03. The van der Waals surface area contributed by atoms with E-state index in [2.05, 4.69) is 39.9 Å². The number of benzene rings is 1. The van der Waals surface area contributed by atoms with E-state index in [1.165, 1.54) is 11.1 Å². The molecule has 0 spiro atoms. The average molecular weight is 224 g/mol. The van der Waals surface area contributed by atoms with E-state index in [1.54, 1.807) is 6.20 Å². The first-order chi connectivity index (χ1) is 8.38. The minimum Gasteiger partial charge on any atom is -0.333 e. The molecule has 1 heterocycles. The topological polar surface area (TPSA) is 17.8 Å². The molecule has 0 fully saturated rings. The van der Waals surface area contributed by atoms with Gasteiger partial charge in [-0.15, -0.1) is 0 Å². The predicted octanol–water partition coefficient (Wildman–Crippen LogP) is 3.52. The summed E-state index contributed by atoms with van der Waals surface area (Å²) in [6.07, 6.45) is 13.8. The molecule has 0 aliphatic heterocycles. The van der Waals surface area contributed by atoms with Crippen molar-refractivity contribution in [1.29, 1.82) is 0 Å². The Morgan fingerprint density at radius 1 is 1.18 bits per heavy atom. The first-order valence-corrected chi connectivity index (χ1v) is 5.72. The van der Waals surface area contributed by atoms with Crippen LogP contribution in [0, 0.1) is 0 Å². The zero-order chi connectivity index (χ0) is 11.9. The summed E-state index contributed by atoms with van der Waals surface area (Å²) in [5, 5.41) is 0. The lowest BCUT2D eigenvalue weighted by atomic mass is 10.1. The number of hydrogen-bond donors (Lipinski definition) is 0. The van der Waals surface area contributed by atoms with Gasteiger partial charge < -0.3 is 4.57 Å². The van der Waals surface area contributed by atoms with Crippen LogP contribution in [0.15, 0.2) is 61.2 Å². The number of allylic oxidation sites excluding steroid dienone is 3. The van der Waals surface area contributed by atoms with Gasteiger partial charge in [0.25, 0.3) is 0 Å². The van der Waals surface area contributed by atoms with Crippen LogP contribution in [-0.2, 0) is 6.54 Å². The van der Waals surface area contributed by atoms with Crippen molar-refractivity contribution in [3.63, 3.8) is 0 Å². The molecule has 0 saturated heterocycles. The normalized spacial score (nSPS) is 11.6. The molecular formula is C15H16N2. The molecule has 0 aliphatic rings. The van der Waals surface area contributed by atoms with Gasteiger partial charge in [0.1, 0.15) is 0 Å². The maximum atomic E-state index is 4.03. The van der Waals surface area contributed by atoms with E-state index in [1.807, 2.05) is 37.7 Å². The second-order valence-corrected chi connectivity index (χ2v) is 3.86. The minimum atomic E-state index is 0.874. The smallest absolute Gasteiger partial charge is 0.0949 e. The molecule has 0 amide bonds. The summed E-state index contributed by atoms with van der Waals surface area (Å²) in [7, 11) is 0. The first kappa shape index (κ1) is 11.4. The van der Waals surface area contributed by atoms with Gasteiger partial charge >= 0.3 is 0 Å². The summed E-state index contributed by atoms with van der Waals surface area (Å²) in [5.41, 5.74) is 2.50. The summed E-state index contributed by atoms with van der Waals surface area (Å²) >= 11 is 0. The molecule has 0 atom stereocenters. The SMILES string of the molecule is CC=CC=Cc1ccc(Cn2ccnc2)cc1. The lowest BCUT2D eigenvalue weighted by molar-refractivity contribution is 0.797. The summed E-state index contributed by atoms with van der Waals surface area (Å²) in [4.78, 5) is 4.03. The van der Waals surface area contributed by atoms with Crippen LogP contribution < -0.4 is 0 Å². The van der Waals surface area contributed by atoms with E-state index in [9.17, 15) is 0 Å². The average Bonchev–Trinajstić information content (AvgIpc) is 2.85. The lowest BCUT2D eigenvalue weighted by Crippen LogP contribution is -1.95. The molecule has 0 saturated carbocycles. The molecular weight excluding hydrogens is 208 g/mol. The van der Waals surface area contributed by atoms with Gasteiger partial charge in [-0.3, -0.25) is 0 Å².